The van der Waals surface area contributed by atoms with Gasteiger partial charge in [-0.3, -0.25) is 9.48 Å². The molecule has 1 aliphatic carbocycles. The Bertz CT molecular complexity index is 789. The highest BCUT2D eigenvalue weighted by Crippen LogP contribution is 2.27. The van der Waals surface area contributed by atoms with Gasteiger partial charge in [-0.15, -0.1) is 5.10 Å². The van der Waals surface area contributed by atoms with Crippen molar-refractivity contribution in [3.8, 4) is 5.75 Å². The number of nitrogens with zero attached hydrogens (tertiary/aromatic N) is 3. The number of fused-ring (bicyclic) bond motifs is 2. The van der Waals surface area contributed by atoms with Gasteiger partial charge < -0.3 is 10.1 Å². The molecule has 0 spiro atoms. The number of carbonyl (C=O) groups is 1. The van der Waals surface area contributed by atoms with Gasteiger partial charge in [0.05, 0.1) is 17.4 Å². The predicted octanol–water partition coefficient (Wildman–Crippen LogP) is 1.18. The van der Waals surface area contributed by atoms with Gasteiger partial charge in [-0.05, 0) is 43.0 Å². The molecule has 2 heterocycles. The third-order valence-corrected chi connectivity index (χ3v) is 4.84. The van der Waals surface area contributed by atoms with Crippen LogP contribution in [-0.4, -0.2) is 33.5 Å². The fraction of sp³-hybridized carbons (Fsp3) is 0.471. The van der Waals surface area contributed by atoms with E-state index in [0.717, 1.165) is 29.8 Å². The molecule has 2 unspecified atom stereocenters. The maximum atomic E-state index is 13.4. The lowest BCUT2D eigenvalue weighted by Gasteiger charge is -2.28. The van der Waals surface area contributed by atoms with Crippen molar-refractivity contribution >= 4 is 5.91 Å². The van der Waals surface area contributed by atoms with E-state index in [2.05, 4.69) is 15.6 Å². The zero-order valence-electron chi connectivity index (χ0n) is 13.5. The van der Waals surface area contributed by atoms with Gasteiger partial charge in [0.15, 0.2) is 0 Å². The van der Waals surface area contributed by atoms with E-state index in [9.17, 15) is 9.18 Å². The molecular weight excluding hydrogens is 311 g/mol. The second-order valence-corrected chi connectivity index (χ2v) is 6.52. The molecule has 6 nitrogen and oxygen atoms in total. The smallest absolute Gasteiger partial charge is 0.223 e. The first-order chi connectivity index (χ1) is 11.6. The van der Waals surface area contributed by atoms with Crippen LogP contribution >= 0.6 is 0 Å². The lowest BCUT2D eigenvalue weighted by atomic mass is 9.88. The number of hydrogen-bond donors (Lipinski definition) is 1. The van der Waals surface area contributed by atoms with Crippen molar-refractivity contribution in [2.45, 2.75) is 31.7 Å². The lowest BCUT2D eigenvalue weighted by molar-refractivity contribution is -0.126. The van der Waals surface area contributed by atoms with Crippen LogP contribution < -0.4 is 10.1 Å². The molecule has 2 aliphatic rings. The molecule has 4 rings (SSSR count). The standard InChI is InChI=1S/C17H19FN4O2/c1-22-15-8-10(2-4-14(15)20-21-22)17(23)19-13-7-11-6-12(18)3-5-16(11)24-9-13/h3,5-6,10,13H,2,4,7-9H2,1H3,(H,19,23). The van der Waals surface area contributed by atoms with Crippen LogP contribution in [0.15, 0.2) is 18.2 Å². The molecule has 1 aromatic carbocycles. The minimum Gasteiger partial charge on any atom is -0.491 e. The highest BCUT2D eigenvalue weighted by atomic mass is 19.1. The van der Waals surface area contributed by atoms with E-state index in [0.29, 0.717) is 25.2 Å². The average molecular weight is 330 g/mol. The number of halogens is 1. The van der Waals surface area contributed by atoms with Gasteiger partial charge in [0, 0.05) is 19.4 Å². The van der Waals surface area contributed by atoms with Crippen molar-refractivity contribution < 1.29 is 13.9 Å². The summed E-state index contributed by atoms with van der Waals surface area (Å²) in [6.45, 7) is 0.412. The van der Waals surface area contributed by atoms with Crippen LogP contribution in [0, 0.1) is 11.7 Å². The maximum Gasteiger partial charge on any atom is 0.223 e. The van der Waals surface area contributed by atoms with Crippen LogP contribution in [0.3, 0.4) is 0 Å². The highest BCUT2D eigenvalue weighted by Gasteiger charge is 2.30. The second kappa shape index (κ2) is 5.89. The van der Waals surface area contributed by atoms with Gasteiger partial charge in [0.1, 0.15) is 18.2 Å². The van der Waals surface area contributed by atoms with Crippen molar-refractivity contribution in [3.05, 3.63) is 41.0 Å². The van der Waals surface area contributed by atoms with Crippen LogP contribution in [-0.2, 0) is 31.1 Å². The summed E-state index contributed by atoms with van der Waals surface area (Å²) in [5.41, 5.74) is 2.83. The van der Waals surface area contributed by atoms with Crippen molar-refractivity contribution in [2.24, 2.45) is 13.0 Å². The Morgan fingerprint density at radius 3 is 3.17 bits per heavy atom. The third-order valence-electron chi connectivity index (χ3n) is 4.84. The molecule has 7 heteroatoms. The summed E-state index contributed by atoms with van der Waals surface area (Å²) in [7, 11) is 1.85. The predicted molar refractivity (Wildman–Crippen MR) is 84.0 cm³/mol. The first kappa shape index (κ1) is 15.1. The summed E-state index contributed by atoms with van der Waals surface area (Å²) >= 11 is 0. The number of benzene rings is 1. The van der Waals surface area contributed by atoms with Crippen LogP contribution in [0.5, 0.6) is 5.75 Å². The van der Waals surface area contributed by atoms with E-state index in [4.69, 9.17) is 4.74 Å². The van der Waals surface area contributed by atoms with Crippen molar-refractivity contribution in [3.63, 3.8) is 0 Å². The van der Waals surface area contributed by atoms with Crippen LogP contribution in [0.2, 0.25) is 0 Å². The van der Waals surface area contributed by atoms with E-state index >= 15 is 0 Å². The van der Waals surface area contributed by atoms with Crippen LogP contribution in [0.1, 0.15) is 23.4 Å². The van der Waals surface area contributed by atoms with E-state index < -0.39 is 0 Å². The molecule has 0 saturated carbocycles. The number of rotatable bonds is 2. The van der Waals surface area contributed by atoms with Gasteiger partial charge >= 0.3 is 0 Å². The minimum absolute atomic E-state index is 0.0234. The van der Waals surface area contributed by atoms with Crippen molar-refractivity contribution in [1.82, 2.24) is 20.3 Å². The summed E-state index contributed by atoms with van der Waals surface area (Å²) in [6, 6.07) is 4.37. The van der Waals surface area contributed by atoms with Crippen LogP contribution in [0.4, 0.5) is 4.39 Å². The Hall–Kier alpha value is -2.44. The number of ether oxygens (including phenoxy) is 1. The number of aryl methyl sites for hydroxylation is 2. The van der Waals surface area contributed by atoms with Gasteiger partial charge in [-0.2, -0.15) is 0 Å². The number of hydrogen-bond acceptors (Lipinski definition) is 4. The quantitative estimate of drug-likeness (QED) is 0.898. The van der Waals surface area contributed by atoms with Gasteiger partial charge in [0.2, 0.25) is 5.91 Å². The first-order valence-electron chi connectivity index (χ1n) is 8.19. The van der Waals surface area contributed by atoms with Crippen molar-refractivity contribution in [2.75, 3.05) is 6.61 Å². The summed E-state index contributed by atoms with van der Waals surface area (Å²) < 4.78 is 20.8. The van der Waals surface area contributed by atoms with Gasteiger partial charge in [-0.25, -0.2) is 4.39 Å². The van der Waals surface area contributed by atoms with E-state index in [1.807, 2.05) is 7.05 Å². The zero-order valence-corrected chi connectivity index (χ0v) is 13.5. The molecule has 1 aromatic heterocycles. The Balaban J connectivity index is 1.41. The zero-order chi connectivity index (χ0) is 16.7. The van der Waals surface area contributed by atoms with E-state index in [-0.39, 0.29) is 23.7 Å². The monoisotopic (exact) mass is 330 g/mol. The summed E-state index contributed by atoms with van der Waals surface area (Å²) in [5, 5.41) is 11.2. The highest BCUT2D eigenvalue weighted by molar-refractivity contribution is 5.79. The number of nitrogens with one attached hydrogen (secondary N) is 1. The van der Waals surface area contributed by atoms with Crippen LogP contribution in [0.25, 0.3) is 0 Å². The molecule has 1 aliphatic heterocycles. The molecule has 0 fully saturated rings. The Morgan fingerprint density at radius 2 is 2.29 bits per heavy atom. The molecule has 1 N–H and O–H groups in total. The SMILES string of the molecule is Cn1nnc2c1CC(C(=O)NC1COc3ccc(F)cc3C1)CC2. The minimum atomic E-state index is -0.284. The molecule has 2 atom stereocenters. The second-order valence-electron chi connectivity index (χ2n) is 6.52. The van der Waals surface area contributed by atoms with E-state index in [1.54, 1.807) is 10.7 Å². The average Bonchev–Trinajstić information content (AvgIpc) is 2.95. The number of amides is 1. The fourth-order valence-electron chi connectivity index (χ4n) is 3.51. The Kier molecular flexibility index (Phi) is 3.70. The molecule has 0 radical (unpaired) electrons. The molecule has 126 valence electrons. The summed E-state index contributed by atoms with van der Waals surface area (Å²) in [6.07, 6.45) is 2.79. The largest absolute Gasteiger partial charge is 0.491 e. The third kappa shape index (κ3) is 2.74. The number of carbonyl (C=O) groups excluding carboxylic acids is 1. The molecule has 0 bridgehead atoms. The summed E-state index contributed by atoms with van der Waals surface area (Å²) in [4.78, 5) is 12.6. The van der Waals surface area contributed by atoms with Crippen molar-refractivity contribution in [1.29, 1.82) is 0 Å². The Morgan fingerprint density at radius 1 is 1.42 bits per heavy atom. The molecule has 2 aromatic rings. The maximum absolute atomic E-state index is 13.4. The summed E-state index contributed by atoms with van der Waals surface area (Å²) in [5.74, 6) is 0.358. The van der Waals surface area contributed by atoms with Gasteiger partial charge in [-0.1, -0.05) is 5.21 Å². The molecule has 24 heavy (non-hydrogen) atoms. The molecule has 0 saturated heterocycles. The number of aromatic nitrogens is 3. The topological polar surface area (TPSA) is 69.0 Å². The molecular formula is C17H19FN4O2. The normalized spacial score (nSPS) is 22.2. The van der Waals surface area contributed by atoms with Gasteiger partial charge in [0.25, 0.3) is 0 Å². The molecule has 1 amide bonds. The lowest BCUT2D eigenvalue weighted by Crippen LogP contribution is -2.46. The Labute approximate surface area is 139 Å². The fourth-order valence-corrected chi connectivity index (χ4v) is 3.51. The first-order valence-corrected chi connectivity index (χ1v) is 8.19. The van der Waals surface area contributed by atoms with E-state index in [1.165, 1.54) is 12.1 Å².